The van der Waals surface area contributed by atoms with Gasteiger partial charge in [0.25, 0.3) is 5.91 Å². The van der Waals surface area contributed by atoms with E-state index in [1.54, 1.807) is 12.1 Å². The number of hydrogen-bond donors (Lipinski definition) is 2. The van der Waals surface area contributed by atoms with Gasteiger partial charge in [0.2, 0.25) is 0 Å². The molecule has 2 heterocycles. The second-order valence-corrected chi connectivity index (χ2v) is 5.66. The monoisotopic (exact) mass is 381 g/mol. The minimum absolute atomic E-state index is 0.108. The van der Waals surface area contributed by atoms with Crippen LogP contribution in [0.1, 0.15) is 29.8 Å². The van der Waals surface area contributed by atoms with Gasteiger partial charge in [-0.15, -0.1) is 0 Å². The Hall–Kier alpha value is -2.84. The molecule has 0 aliphatic rings. The van der Waals surface area contributed by atoms with Gasteiger partial charge in [-0.2, -0.15) is 13.2 Å². The number of rotatable bonds is 8. The number of anilines is 2. The van der Waals surface area contributed by atoms with Crippen LogP contribution in [-0.2, 0) is 6.18 Å². The molecule has 0 unspecified atom stereocenters. The molecule has 0 saturated heterocycles. The molecular formula is C18H22F3N5O. The second kappa shape index (κ2) is 9.20. The fourth-order valence-corrected chi connectivity index (χ4v) is 2.49. The Morgan fingerprint density at radius 2 is 1.85 bits per heavy atom. The molecular weight excluding hydrogens is 359 g/mol. The summed E-state index contributed by atoms with van der Waals surface area (Å²) in [6.45, 7) is 5.92. The molecule has 0 atom stereocenters. The standard InChI is InChI=1S/C18H22F3N5O/c1-3-26(4-2)15-8-7-13(12-25-15)17(27)24-11-10-23-16-14(18(19,20)21)6-5-9-22-16/h5-9,12H,3-4,10-11H2,1-2H3,(H,22,23)(H,24,27). The van der Waals surface area contributed by atoms with Crippen LogP contribution in [0.3, 0.4) is 0 Å². The van der Waals surface area contributed by atoms with Crippen molar-refractivity contribution in [3.8, 4) is 0 Å². The van der Waals surface area contributed by atoms with Crippen molar-refractivity contribution in [2.75, 3.05) is 36.4 Å². The van der Waals surface area contributed by atoms with E-state index >= 15 is 0 Å². The first-order valence-electron chi connectivity index (χ1n) is 8.62. The van der Waals surface area contributed by atoms with E-state index in [9.17, 15) is 18.0 Å². The number of carbonyl (C=O) groups is 1. The molecule has 146 valence electrons. The molecule has 1 amide bonds. The topological polar surface area (TPSA) is 70.2 Å². The van der Waals surface area contributed by atoms with Gasteiger partial charge in [0.15, 0.2) is 0 Å². The molecule has 0 fully saturated rings. The Balaban J connectivity index is 1.87. The average molecular weight is 381 g/mol. The van der Waals surface area contributed by atoms with E-state index in [0.717, 1.165) is 25.0 Å². The van der Waals surface area contributed by atoms with Gasteiger partial charge < -0.3 is 15.5 Å². The number of hydrogen-bond acceptors (Lipinski definition) is 5. The van der Waals surface area contributed by atoms with Gasteiger partial charge in [0.1, 0.15) is 11.6 Å². The highest BCUT2D eigenvalue weighted by molar-refractivity contribution is 5.94. The van der Waals surface area contributed by atoms with Crippen LogP contribution in [0, 0.1) is 0 Å². The van der Waals surface area contributed by atoms with Crippen LogP contribution in [0.25, 0.3) is 0 Å². The van der Waals surface area contributed by atoms with Crippen molar-refractivity contribution in [3.05, 3.63) is 47.8 Å². The molecule has 6 nitrogen and oxygen atoms in total. The molecule has 0 aromatic carbocycles. The molecule has 0 radical (unpaired) electrons. The first kappa shape index (κ1) is 20.5. The number of pyridine rings is 2. The first-order valence-corrected chi connectivity index (χ1v) is 8.62. The first-order chi connectivity index (χ1) is 12.9. The average Bonchev–Trinajstić information content (AvgIpc) is 2.66. The Labute approximate surface area is 155 Å². The van der Waals surface area contributed by atoms with Crippen molar-refractivity contribution in [2.45, 2.75) is 20.0 Å². The second-order valence-electron chi connectivity index (χ2n) is 5.66. The molecule has 27 heavy (non-hydrogen) atoms. The van der Waals surface area contributed by atoms with E-state index in [-0.39, 0.29) is 24.8 Å². The summed E-state index contributed by atoms with van der Waals surface area (Å²) in [6.07, 6.45) is -1.73. The Morgan fingerprint density at radius 3 is 2.44 bits per heavy atom. The van der Waals surface area contributed by atoms with E-state index in [0.29, 0.717) is 5.56 Å². The summed E-state index contributed by atoms with van der Waals surface area (Å²) < 4.78 is 38.7. The lowest BCUT2D eigenvalue weighted by Gasteiger charge is -2.19. The summed E-state index contributed by atoms with van der Waals surface area (Å²) in [5, 5.41) is 5.24. The van der Waals surface area contributed by atoms with Crippen molar-refractivity contribution in [1.29, 1.82) is 0 Å². The van der Waals surface area contributed by atoms with Gasteiger partial charge in [-0.25, -0.2) is 9.97 Å². The van der Waals surface area contributed by atoms with Gasteiger partial charge in [-0.3, -0.25) is 4.79 Å². The quantitative estimate of drug-likeness (QED) is 0.688. The fourth-order valence-electron chi connectivity index (χ4n) is 2.49. The van der Waals surface area contributed by atoms with Crippen molar-refractivity contribution < 1.29 is 18.0 Å². The van der Waals surface area contributed by atoms with Gasteiger partial charge >= 0.3 is 6.18 Å². The van der Waals surface area contributed by atoms with Crippen LogP contribution in [0.4, 0.5) is 24.8 Å². The summed E-state index contributed by atoms with van der Waals surface area (Å²) >= 11 is 0. The Bertz CT molecular complexity index is 745. The number of amides is 1. The van der Waals surface area contributed by atoms with E-state index < -0.39 is 11.7 Å². The van der Waals surface area contributed by atoms with E-state index in [4.69, 9.17) is 0 Å². The Kier molecular flexibility index (Phi) is 6.98. The maximum atomic E-state index is 12.9. The summed E-state index contributed by atoms with van der Waals surface area (Å²) in [7, 11) is 0. The molecule has 0 aliphatic carbocycles. The lowest BCUT2D eigenvalue weighted by atomic mass is 10.2. The summed E-state index contributed by atoms with van der Waals surface area (Å²) in [5.41, 5.74) is -0.452. The third-order valence-electron chi connectivity index (χ3n) is 3.91. The fraction of sp³-hybridized carbons (Fsp3) is 0.389. The predicted octanol–water partition coefficient (Wildman–Crippen LogP) is 3.18. The van der Waals surface area contributed by atoms with Crippen molar-refractivity contribution in [3.63, 3.8) is 0 Å². The maximum Gasteiger partial charge on any atom is 0.419 e. The zero-order chi connectivity index (χ0) is 19.9. The number of aromatic nitrogens is 2. The van der Waals surface area contributed by atoms with E-state index in [2.05, 4.69) is 25.5 Å². The van der Waals surface area contributed by atoms with Gasteiger partial charge in [-0.1, -0.05) is 0 Å². The van der Waals surface area contributed by atoms with Crippen LogP contribution >= 0.6 is 0 Å². The molecule has 0 aliphatic heterocycles. The van der Waals surface area contributed by atoms with Crippen LogP contribution in [0.15, 0.2) is 36.7 Å². The van der Waals surface area contributed by atoms with Crippen molar-refractivity contribution in [1.82, 2.24) is 15.3 Å². The molecule has 9 heteroatoms. The number of halogens is 3. The molecule has 2 aromatic heterocycles. The largest absolute Gasteiger partial charge is 0.419 e. The van der Waals surface area contributed by atoms with Crippen molar-refractivity contribution in [2.24, 2.45) is 0 Å². The normalized spacial score (nSPS) is 11.1. The van der Waals surface area contributed by atoms with Gasteiger partial charge in [0.05, 0.1) is 11.1 Å². The summed E-state index contributed by atoms with van der Waals surface area (Å²) in [6, 6.07) is 5.62. The van der Waals surface area contributed by atoms with Gasteiger partial charge in [0, 0.05) is 38.6 Å². The number of carbonyl (C=O) groups excluding carboxylic acids is 1. The molecule has 2 N–H and O–H groups in total. The molecule has 0 spiro atoms. The van der Waals surface area contributed by atoms with Crippen LogP contribution in [-0.4, -0.2) is 42.1 Å². The molecule has 2 rings (SSSR count). The third-order valence-corrected chi connectivity index (χ3v) is 3.91. The van der Waals surface area contributed by atoms with Crippen LogP contribution in [0.2, 0.25) is 0 Å². The van der Waals surface area contributed by atoms with Crippen molar-refractivity contribution >= 4 is 17.5 Å². The lowest BCUT2D eigenvalue weighted by Crippen LogP contribution is -2.29. The smallest absolute Gasteiger partial charge is 0.368 e. The van der Waals surface area contributed by atoms with Crippen LogP contribution in [0.5, 0.6) is 0 Å². The zero-order valence-corrected chi connectivity index (χ0v) is 15.2. The SMILES string of the molecule is CCN(CC)c1ccc(C(=O)NCCNc2ncccc2C(F)(F)F)cn1. The minimum atomic E-state index is -4.49. The summed E-state index contributed by atoms with van der Waals surface area (Å²) in [5.74, 6) is 0.185. The van der Waals surface area contributed by atoms with Gasteiger partial charge in [-0.05, 0) is 38.1 Å². The van der Waals surface area contributed by atoms with E-state index in [1.165, 1.54) is 18.5 Å². The highest BCUT2D eigenvalue weighted by Gasteiger charge is 2.33. The van der Waals surface area contributed by atoms with Crippen LogP contribution < -0.4 is 15.5 Å². The number of alkyl halides is 3. The summed E-state index contributed by atoms with van der Waals surface area (Å²) in [4.78, 5) is 22.1. The maximum absolute atomic E-state index is 12.9. The highest BCUT2D eigenvalue weighted by Crippen LogP contribution is 2.33. The van der Waals surface area contributed by atoms with E-state index in [1.807, 2.05) is 13.8 Å². The predicted molar refractivity (Wildman–Crippen MR) is 97.9 cm³/mol. The molecule has 0 saturated carbocycles. The third kappa shape index (κ3) is 5.57. The minimum Gasteiger partial charge on any atom is -0.368 e. The molecule has 2 aromatic rings. The zero-order valence-electron chi connectivity index (χ0n) is 15.2. The lowest BCUT2D eigenvalue weighted by molar-refractivity contribution is -0.137. The number of nitrogens with zero attached hydrogens (tertiary/aromatic N) is 3. The highest BCUT2D eigenvalue weighted by atomic mass is 19.4. The molecule has 0 bridgehead atoms. The Morgan fingerprint density at radius 1 is 1.11 bits per heavy atom. The number of nitrogens with one attached hydrogen (secondary N) is 2.